The van der Waals surface area contributed by atoms with Crippen molar-refractivity contribution in [1.82, 2.24) is 0 Å². The lowest BCUT2D eigenvalue weighted by atomic mass is 10.2. The first kappa shape index (κ1) is 11.3. The molecule has 90 valence electrons. The maximum atomic E-state index is 11.5. The molecule has 0 unspecified atom stereocenters. The first-order chi connectivity index (χ1) is 8.22. The average Bonchev–Trinajstić information content (AvgIpc) is 2.75. The molecule has 0 radical (unpaired) electrons. The summed E-state index contributed by atoms with van der Waals surface area (Å²) in [5.41, 5.74) is 0.465. The van der Waals surface area contributed by atoms with Crippen LogP contribution in [0.25, 0.3) is 11.0 Å². The van der Waals surface area contributed by atoms with Crippen LogP contribution in [0.4, 0.5) is 0 Å². The van der Waals surface area contributed by atoms with Crippen LogP contribution in [0.5, 0.6) is 11.5 Å². The highest BCUT2D eigenvalue weighted by atomic mass is 16.5. The number of furan rings is 1. The zero-order chi connectivity index (χ0) is 12.4. The maximum absolute atomic E-state index is 11.5. The highest BCUT2D eigenvalue weighted by molar-refractivity contribution is 6.00. The van der Waals surface area contributed by atoms with Crippen molar-refractivity contribution >= 4 is 16.9 Å². The molecule has 0 bridgehead atoms. The molecule has 17 heavy (non-hydrogen) atoms. The Hall–Kier alpha value is -2.17. The lowest BCUT2D eigenvalue weighted by Crippen LogP contribution is -2.01. The van der Waals surface area contributed by atoms with E-state index in [9.17, 15) is 4.79 Å². The number of rotatable bonds is 3. The number of benzene rings is 1. The Morgan fingerprint density at radius 3 is 2.53 bits per heavy atom. The summed E-state index contributed by atoms with van der Waals surface area (Å²) in [4.78, 5) is 11.5. The van der Waals surface area contributed by atoms with Crippen LogP contribution >= 0.6 is 0 Å². The Kier molecular flexibility index (Phi) is 2.91. The van der Waals surface area contributed by atoms with E-state index in [2.05, 4.69) is 4.74 Å². The highest BCUT2D eigenvalue weighted by Gasteiger charge is 2.23. The number of carbonyl (C=O) groups is 1. The molecule has 0 saturated heterocycles. The van der Waals surface area contributed by atoms with Crippen molar-refractivity contribution < 1.29 is 23.4 Å². The minimum Gasteiger partial charge on any atom is -0.493 e. The fourth-order valence-electron chi connectivity index (χ4n) is 1.66. The van der Waals surface area contributed by atoms with Crippen molar-refractivity contribution in [1.29, 1.82) is 0 Å². The lowest BCUT2D eigenvalue weighted by molar-refractivity contribution is 0.0562. The van der Waals surface area contributed by atoms with Crippen molar-refractivity contribution in [2.45, 2.75) is 0 Å². The Bertz CT molecular complexity index is 555. The molecule has 0 amide bonds. The summed E-state index contributed by atoms with van der Waals surface area (Å²) >= 11 is 0. The van der Waals surface area contributed by atoms with Crippen LogP contribution < -0.4 is 9.47 Å². The van der Waals surface area contributed by atoms with Gasteiger partial charge < -0.3 is 18.6 Å². The Morgan fingerprint density at radius 2 is 1.94 bits per heavy atom. The molecule has 1 aromatic carbocycles. The standard InChI is InChI=1S/C12H12O5/c1-14-8-6-4-5-7-9(8)17-11(10(7)15-2)12(13)16-3/h4-6H,1-3H3. The van der Waals surface area contributed by atoms with E-state index in [-0.39, 0.29) is 5.76 Å². The van der Waals surface area contributed by atoms with Crippen LogP contribution in [0.15, 0.2) is 22.6 Å². The normalized spacial score (nSPS) is 10.3. The van der Waals surface area contributed by atoms with E-state index in [1.807, 2.05) is 0 Å². The van der Waals surface area contributed by atoms with E-state index in [1.165, 1.54) is 21.3 Å². The van der Waals surface area contributed by atoms with Gasteiger partial charge in [-0.25, -0.2) is 4.79 Å². The fourth-order valence-corrected chi connectivity index (χ4v) is 1.66. The molecule has 0 aliphatic carbocycles. The number of para-hydroxylation sites is 1. The smallest absolute Gasteiger partial charge is 0.377 e. The summed E-state index contributed by atoms with van der Waals surface area (Å²) in [5.74, 6) is 0.344. The van der Waals surface area contributed by atoms with Gasteiger partial charge in [0.25, 0.3) is 5.76 Å². The highest BCUT2D eigenvalue weighted by Crippen LogP contribution is 2.37. The number of carbonyl (C=O) groups excluding carboxylic acids is 1. The monoisotopic (exact) mass is 236 g/mol. The van der Waals surface area contributed by atoms with Crippen molar-refractivity contribution in [3.8, 4) is 11.5 Å². The van der Waals surface area contributed by atoms with Crippen LogP contribution in [0.2, 0.25) is 0 Å². The van der Waals surface area contributed by atoms with E-state index in [1.54, 1.807) is 18.2 Å². The summed E-state index contributed by atoms with van der Waals surface area (Å²) in [6, 6.07) is 5.32. The van der Waals surface area contributed by atoms with Crippen molar-refractivity contribution in [3.63, 3.8) is 0 Å². The summed E-state index contributed by atoms with van der Waals surface area (Å²) in [6.45, 7) is 0. The van der Waals surface area contributed by atoms with Gasteiger partial charge in [-0.2, -0.15) is 0 Å². The summed E-state index contributed by atoms with van der Waals surface area (Å²) in [7, 11) is 4.28. The number of hydrogen-bond donors (Lipinski definition) is 0. The van der Waals surface area contributed by atoms with Gasteiger partial charge in [-0.15, -0.1) is 0 Å². The molecule has 0 fully saturated rings. The number of hydrogen-bond acceptors (Lipinski definition) is 5. The minimum atomic E-state index is -0.583. The quantitative estimate of drug-likeness (QED) is 0.765. The van der Waals surface area contributed by atoms with Crippen LogP contribution in [-0.2, 0) is 4.74 Å². The van der Waals surface area contributed by atoms with E-state index in [0.29, 0.717) is 22.5 Å². The second-order valence-electron chi connectivity index (χ2n) is 3.29. The molecule has 1 aromatic heterocycles. The first-order valence-corrected chi connectivity index (χ1v) is 4.94. The largest absolute Gasteiger partial charge is 0.493 e. The molecule has 2 aromatic rings. The van der Waals surface area contributed by atoms with Gasteiger partial charge in [-0.1, -0.05) is 6.07 Å². The predicted octanol–water partition coefficient (Wildman–Crippen LogP) is 2.24. The molecule has 2 rings (SSSR count). The summed E-state index contributed by atoms with van der Waals surface area (Å²) in [5, 5.41) is 0.673. The molecular formula is C12H12O5. The Labute approximate surface area is 97.9 Å². The number of methoxy groups -OCH3 is 3. The molecule has 0 spiro atoms. The summed E-state index contributed by atoms with van der Waals surface area (Å²) in [6.07, 6.45) is 0. The van der Waals surface area contributed by atoms with Gasteiger partial charge in [0, 0.05) is 0 Å². The predicted molar refractivity (Wildman–Crippen MR) is 60.7 cm³/mol. The van der Waals surface area contributed by atoms with Gasteiger partial charge in [-0.3, -0.25) is 0 Å². The van der Waals surface area contributed by atoms with Crippen molar-refractivity contribution in [2.75, 3.05) is 21.3 Å². The Morgan fingerprint density at radius 1 is 1.18 bits per heavy atom. The molecule has 5 nitrogen and oxygen atoms in total. The fraction of sp³-hybridized carbons (Fsp3) is 0.250. The SMILES string of the molecule is COC(=O)c1oc2c(OC)cccc2c1OC. The molecule has 0 saturated carbocycles. The molecule has 0 aliphatic rings. The van der Waals surface area contributed by atoms with Gasteiger partial charge in [-0.05, 0) is 12.1 Å². The van der Waals surface area contributed by atoms with Gasteiger partial charge in [0.2, 0.25) is 0 Å². The van der Waals surface area contributed by atoms with Crippen molar-refractivity contribution in [3.05, 3.63) is 24.0 Å². The second kappa shape index (κ2) is 4.37. The molecule has 0 aliphatic heterocycles. The van der Waals surface area contributed by atoms with E-state index < -0.39 is 5.97 Å². The molecular weight excluding hydrogens is 224 g/mol. The van der Waals surface area contributed by atoms with Gasteiger partial charge >= 0.3 is 5.97 Å². The maximum Gasteiger partial charge on any atom is 0.377 e. The van der Waals surface area contributed by atoms with Gasteiger partial charge in [0.05, 0.1) is 26.7 Å². The third-order valence-corrected chi connectivity index (χ3v) is 2.43. The molecule has 1 heterocycles. The zero-order valence-corrected chi connectivity index (χ0v) is 9.77. The lowest BCUT2D eigenvalue weighted by Gasteiger charge is -1.99. The molecule has 0 N–H and O–H groups in total. The van der Waals surface area contributed by atoms with Crippen LogP contribution in [0, 0.1) is 0 Å². The number of fused-ring (bicyclic) bond motifs is 1. The minimum absolute atomic E-state index is 0.0366. The van der Waals surface area contributed by atoms with Crippen LogP contribution in [-0.4, -0.2) is 27.3 Å². The average molecular weight is 236 g/mol. The second-order valence-corrected chi connectivity index (χ2v) is 3.29. The molecule has 5 heteroatoms. The van der Waals surface area contributed by atoms with E-state index in [0.717, 1.165) is 0 Å². The van der Waals surface area contributed by atoms with Gasteiger partial charge in [0.1, 0.15) is 0 Å². The third kappa shape index (κ3) is 1.69. The summed E-state index contributed by atoms with van der Waals surface area (Å²) < 4.78 is 20.4. The number of ether oxygens (including phenoxy) is 3. The zero-order valence-electron chi connectivity index (χ0n) is 9.77. The van der Waals surface area contributed by atoms with Crippen LogP contribution in [0.1, 0.15) is 10.6 Å². The Balaban J connectivity index is 2.74. The number of esters is 1. The first-order valence-electron chi connectivity index (χ1n) is 4.94. The molecule has 0 atom stereocenters. The van der Waals surface area contributed by atoms with Crippen LogP contribution in [0.3, 0.4) is 0 Å². The van der Waals surface area contributed by atoms with Crippen molar-refractivity contribution in [2.24, 2.45) is 0 Å². The van der Waals surface area contributed by atoms with E-state index >= 15 is 0 Å². The third-order valence-electron chi connectivity index (χ3n) is 2.43. The topological polar surface area (TPSA) is 57.9 Å². The van der Waals surface area contributed by atoms with E-state index in [4.69, 9.17) is 13.9 Å². The van der Waals surface area contributed by atoms with Gasteiger partial charge in [0.15, 0.2) is 17.1 Å².